The zero-order chi connectivity index (χ0) is 17.3. The molecule has 2 aromatic rings. The van der Waals surface area contributed by atoms with Gasteiger partial charge in [0.1, 0.15) is 12.3 Å². The van der Waals surface area contributed by atoms with Crippen molar-refractivity contribution in [3.63, 3.8) is 0 Å². The van der Waals surface area contributed by atoms with E-state index in [1.165, 1.54) is 0 Å². The molecule has 0 spiro atoms. The van der Waals surface area contributed by atoms with Gasteiger partial charge in [-0.25, -0.2) is 0 Å². The van der Waals surface area contributed by atoms with Crippen LogP contribution < -0.4 is 16.4 Å². The Morgan fingerprint density at radius 3 is 2.58 bits per heavy atom. The number of anilines is 3. The first kappa shape index (κ1) is 15.9. The molecule has 0 saturated carbocycles. The Hall–Kier alpha value is -2.96. The molecular weight excluding hydrogens is 310 g/mol. The van der Waals surface area contributed by atoms with Gasteiger partial charge in [-0.3, -0.25) is 9.59 Å². The molecular formula is C17H19N3O4. The van der Waals surface area contributed by atoms with Gasteiger partial charge in [0.25, 0.3) is 0 Å². The summed E-state index contributed by atoms with van der Waals surface area (Å²) in [5.41, 5.74) is 7.82. The Morgan fingerprint density at radius 2 is 1.88 bits per heavy atom. The van der Waals surface area contributed by atoms with Crippen LogP contribution in [0.3, 0.4) is 0 Å². The highest BCUT2D eigenvalue weighted by molar-refractivity contribution is 6.09. The van der Waals surface area contributed by atoms with E-state index in [0.717, 1.165) is 22.1 Å². The molecule has 0 aromatic heterocycles. The predicted octanol–water partition coefficient (Wildman–Crippen LogP) is 2.38. The fourth-order valence-electron chi connectivity index (χ4n) is 2.84. The zero-order valence-electron chi connectivity index (χ0n) is 13.3. The van der Waals surface area contributed by atoms with Crippen LogP contribution in [0.2, 0.25) is 0 Å². The van der Waals surface area contributed by atoms with Gasteiger partial charge in [0, 0.05) is 27.8 Å². The number of carboxylic acids is 1. The van der Waals surface area contributed by atoms with Crippen molar-refractivity contribution in [2.45, 2.75) is 25.4 Å². The van der Waals surface area contributed by atoms with Crippen molar-refractivity contribution in [2.24, 2.45) is 0 Å². The van der Waals surface area contributed by atoms with E-state index < -0.39 is 17.6 Å². The molecule has 126 valence electrons. The lowest BCUT2D eigenvalue weighted by Crippen LogP contribution is -2.49. The maximum Gasteiger partial charge on any atom is 0.306 e. The molecule has 3 rings (SSSR count). The molecule has 7 nitrogen and oxygen atoms in total. The molecule has 5 N–H and O–H groups in total. The van der Waals surface area contributed by atoms with E-state index in [9.17, 15) is 9.59 Å². The molecule has 1 aliphatic rings. The van der Waals surface area contributed by atoms with E-state index in [1.54, 1.807) is 0 Å². The summed E-state index contributed by atoms with van der Waals surface area (Å²) in [6.45, 7) is 1.93. The molecule has 2 aromatic carbocycles. The van der Waals surface area contributed by atoms with E-state index in [4.69, 9.17) is 15.6 Å². The second-order valence-corrected chi connectivity index (χ2v) is 6.07. The van der Waals surface area contributed by atoms with E-state index in [-0.39, 0.29) is 19.4 Å². The average Bonchev–Trinajstić information content (AvgIpc) is 2.54. The lowest BCUT2D eigenvalue weighted by molar-refractivity contribution is -0.148. The monoisotopic (exact) mass is 329 g/mol. The number of benzene rings is 2. The van der Waals surface area contributed by atoms with Crippen LogP contribution in [0.15, 0.2) is 30.3 Å². The molecule has 0 radical (unpaired) electrons. The third-order valence-corrected chi connectivity index (χ3v) is 3.96. The first-order chi connectivity index (χ1) is 11.4. The Bertz CT molecular complexity index is 807. The van der Waals surface area contributed by atoms with Crippen LogP contribution in [0.1, 0.15) is 19.8 Å². The molecule has 1 aliphatic heterocycles. The number of aliphatic carboxylic acids is 1. The number of nitrogens with two attached hydrogens (primary N) is 1. The lowest BCUT2D eigenvalue weighted by Gasteiger charge is -2.38. The molecule has 0 fully saturated rings. The van der Waals surface area contributed by atoms with Gasteiger partial charge >= 0.3 is 11.9 Å². The third kappa shape index (κ3) is 3.05. The van der Waals surface area contributed by atoms with E-state index in [1.807, 2.05) is 37.3 Å². The Balaban J connectivity index is 1.76. The summed E-state index contributed by atoms with van der Waals surface area (Å²) in [5.74, 6) is -1.56. The standard InChI is InChI=1S/C17H19N3O4/c1-17(9-24-15(23)8-7-14(21)22)19-12-4-2-3-10-11(18)5-6-13(20-17)16(10)12/h2-6,19-20H,7-9,18H2,1H3,(H,21,22). The zero-order valence-corrected chi connectivity index (χ0v) is 13.3. The van der Waals surface area contributed by atoms with Crippen LogP contribution in [-0.4, -0.2) is 29.3 Å². The van der Waals surface area contributed by atoms with Gasteiger partial charge in [-0.2, -0.15) is 0 Å². The van der Waals surface area contributed by atoms with Gasteiger partial charge < -0.3 is 26.2 Å². The number of carboxylic acid groups (broad SMARTS) is 1. The molecule has 7 heteroatoms. The normalized spacial score (nSPS) is 18.5. The molecule has 1 heterocycles. The van der Waals surface area contributed by atoms with Crippen molar-refractivity contribution in [2.75, 3.05) is 23.0 Å². The molecule has 0 bridgehead atoms. The number of rotatable bonds is 5. The third-order valence-electron chi connectivity index (χ3n) is 3.96. The Morgan fingerprint density at radius 1 is 1.17 bits per heavy atom. The number of hydrogen-bond donors (Lipinski definition) is 4. The van der Waals surface area contributed by atoms with E-state index in [2.05, 4.69) is 10.6 Å². The number of esters is 1. The summed E-state index contributed by atoms with van der Waals surface area (Å²) < 4.78 is 5.22. The highest BCUT2D eigenvalue weighted by Gasteiger charge is 2.31. The quantitative estimate of drug-likeness (QED) is 0.492. The molecule has 0 amide bonds. The molecule has 24 heavy (non-hydrogen) atoms. The van der Waals surface area contributed by atoms with Crippen molar-refractivity contribution in [3.8, 4) is 0 Å². The van der Waals surface area contributed by atoms with Crippen LogP contribution >= 0.6 is 0 Å². The summed E-state index contributed by atoms with van der Waals surface area (Å²) in [4.78, 5) is 22.2. The number of carbonyl (C=O) groups excluding carboxylic acids is 1. The van der Waals surface area contributed by atoms with Gasteiger partial charge in [-0.05, 0) is 25.1 Å². The van der Waals surface area contributed by atoms with Crippen LogP contribution in [0.4, 0.5) is 17.1 Å². The number of nitrogens with one attached hydrogen (secondary N) is 2. The summed E-state index contributed by atoms with van der Waals surface area (Å²) in [6, 6.07) is 9.53. The maximum absolute atomic E-state index is 11.7. The van der Waals surface area contributed by atoms with Gasteiger partial charge in [-0.15, -0.1) is 0 Å². The molecule has 1 atom stereocenters. The van der Waals surface area contributed by atoms with Crippen molar-refractivity contribution in [1.29, 1.82) is 0 Å². The van der Waals surface area contributed by atoms with Crippen molar-refractivity contribution in [3.05, 3.63) is 30.3 Å². The van der Waals surface area contributed by atoms with Crippen molar-refractivity contribution < 1.29 is 19.4 Å². The predicted molar refractivity (Wildman–Crippen MR) is 91.8 cm³/mol. The average molecular weight is 329 g/mol. The van der Waals surface area contributed by atoms with Gasteiger partial charge in [0.15, 0.2) is 0 Å². The van der Waals surface area contributed by atoms with Crippen LogP contribution in [0.5, 0.6) is 0 Å². The first-order valence-electron chi connectivity index (χ1n) is 7.63. The second kappa shape index (κ2) is 5.92. The molecule has 0 aliphatic carbocycles. The van der Waals surface area contributed by atoms with Crippen molar-refractivity contribution in [1.82, 2.24) is 0 Å². The topological polar surface area (TPSA) is 114 Å². The van der Waals surface area contributed by atoms with Gasteiger partial charge in [0.05, 0.1) is 12.8 Å². The fourth-order valence-corrected chi connectivity index (χ4v) is 2.84. The minimum atomic E-state index is -1.02. The van der Waals surface area contributed by atoms with E-state index in [0.29, 0.717) is 5.69 Å². The van der Waals surface area contributed by atoms with E-state index >= 15 is 0 Å². The Kier molecular flexibility index (Phi) is 3.92. The first-order valence-corrected chi connectivity index (χ1v) is 7.63. The number of carbonyl (C=O) groups is 2. The molecule has 1 unspecified atom stereocenters. The van der Waals surface area contributed by atoms with Crippen molar-refractivity contribution >= 4 is 39.8 Å². The number of nitrogen functional groups attached to an aromatic ring is 1. The van der Waals surface area contributed by atoms with Crippen LogP contribution in [-0.2, 0) is 14.3 Å². The largest absolute Gasteiger partial charge is 0.481 e. The smallest absolute Gasteiger partial charge is 0.306 e. The second-order valence-electron chi connectivity index (χ2n) is 6.07. The summed E-state index contributed by atoms with van der Waals surface area (Å²) >= 11 is 0. The fraction of sp³-hybridized carbons (Fsp3) is 0.294. The molecule has 0 saturated heterocycles. The number of ether oxygens (including phenoxy) is 1. The minimum absolute atomic E-state index is 0.0612. The lowest BCUT2D eigenvalue weighted by atomic mass is 9.99. The number of hydrogen-bond acceptors (Lipinski definition) is 6. The SMILES string of the molecule is CC1(COC(=O)CCC(=O)O)Nc2cccc3c(N)ccc(c23)N1. The summed E-state index contributed by atoms with van der Waals surface area (Å²) in [7, 11) is 0. The van der Waals surface area contributed by atoms with Crippen LogP contribution in [0.25, 0.3) is 10.8 Å². The highest BCUT2D eigenvalue weighted by atomic mass is 16.5. The summed E-state index contributed by atoms with van der Waals surface area (Å²) in [5, 5.41) is 17.2. The van der Waals surface area contributed by atoms with Crippen LogP contribution in [0, 0.1) is 0 Å². The maximum atomic E-state index is 11.7. The summed E-state index contributed by atoms with van der Waals surface area (Å²) in [6.07, 6.45) is -0.383. The van der Waals surface area contributed by atoms with Gasteiger partial charge in [-0.1, -0.05) is 12.1 Å². The Labute approximate surface area is 138 Å². The highest BCUT2D eigenvalue weighted by Crippen LogP contribution is 2.39. The van der Waals surface area contributed by atoms with Gasteiger partial charge in [0.2, 0.25) is 0 Å². The minimum Gasteiger partial charge on any atom is -0.481 e.